The van der Waals surface area contributed by atoms with Crippen LogP contribution in [0.2, 0.25) is 0 Å². The van der Waals surface area contributed by atoms with Crippen LogP contribution >= 0.6 is 24.0 Å². The van der Waals surface area contributed by atoms with E-state index < -0.39 is 0 Å². The lowest BCUT2D eigenvalue weighted by Gasteiger charge is -2.21. The molecule has 0 aromatic heterocycles. The Morgan fingerprint density at radius 1 is 1.25 bits per heavy atom. The Labute approximate surface area is 161 Å². The summed E-state index contributed by atoms with van der Waals surface area (Å²) < 4.78 is 5.38. The average Bonchev–Trinajstić information content (AvgIpc) is 2.46. The molecule has 3 N–H and O–H groups in total. The normalized spacial score (nSPS) is 11.3. The number of hydrogen-bond acceptors (Lipinski definition) is 3. The van der Waals surface area contributed by atoms with Crippen molar-refractivity contribution in [1.82, 2.24) is 16.0 Å². The number of amides is 1. The maximum atomic E-state index is 11.8. The SMILES string of the molecule is CN=C(NCC(=O)NC(C)(C)C)NCc1ccc(C)cc1OC.I. The van der Waals surface area contributed by atoms with Crippen LogP contribution in [0.1, 0.15) is 31.9 Å². The molecule has 0 radical (unpaired) electrons. The van der Waals surface area contributed by atoms with Crippen molar-refractivity contribution < 1.29 is 9.53 Å². The molecule has 0 spiro atoms. The molecule has 1 rings (SSSR count). The third-order valence-corrected chi connectivity index (χ3v) is 3.04. The van der Waals surface area contributed by atoms with E-state index in [4.69, 9.17) is 4.74 Å². The second-order valence-corrected chi connectivity index (χ2v) is 6.39. The van der Waals surface area contributed by atoms with Crippen molar-refractivity contribution in [2.24, 2.45) is 4.99 Å². The van der Waals surface area contributed by atoms with E-state index >= 15 is 0 Å². The first-order chi connectivity index (χ1) is 10.7. The minimum atomic E-state index is -0.245. The predicted octanol–water partition coefficient (Wildman–Crippen LogP) is 2.20. The summed E-state index contributed by atoms with van der Waals surface area (Å²) in [6.45, 7) is 8.59. The van der Waals surface area contributed by atoms with Crippen LogP contribution in [-0.2, 0) is 11.3 Å². The molecule has 0 saturated carbocycles. The number of nitrogens with one attached hydrogen (secondary N) is 3. The molecule has 0 aliphatic heterocycles. The van der Waals surface area contributed by atoms with Gasteiger partial charge in [0.1, 0.15) is 5.75 Å². The van der Waals surface area contributed by atoms with Gasteiger partial charge in [-0.15, -0.1) is 24.0 Å². The number of hydrogen-bond donors (Lipinski definition) is 3. The van der Waals surface area contributed by atoms with Gasteiger partial charge in [0.05, 0.1) is 13.7 Å². The summed E-state index contributed by atoms with van der Waals surface area (Å²) in [7, 11) is 3.32. The number of ether oxygens (including phenoxy) is 1. The van der Waals surface area contributed by atoms with E-state index in [-0.39, 0.29) is 42.0 Å². The fourth-order valence-corrected chi connectivity index (χ4v) is 2.02. The Hall–Kier alpha value is -1.51. The van der Waals surface area contributed by atoms with Crippen LogP contribution in [0.15, 0.2) is 23.2 Å². The third kappa shape index (κ3) is 8.37. The zero-order chi connectivity index (χ0) is 17.5. The van der Waals surface area contributed by atoms with Crippen LogP contribution in [0, 0.1) is 6.92 Å². The number of carbonyl (C=O) groups is 1. The highest BCUT2D eigenvalue weighted by molar-refractivity contribution is 14.0. The Balaban J connectivity index is 0.00000529. The minimum absolute atomic E-state index is 0. The fourth-order valence-electron chi connectivity index (χ4n) is 2.02. The molecule has 0 atom stereocenters. The standard InChI is InChI=1S/C17H28N4O2.HI/c1-12-7-8-13(14(9-12)23-6)10-19-16(18-5)20-11-15(22)21-17(2,3)4;/h7-9H,10-11H2,1-6H3,(H,21,22)(H2,18,19,20);1H. The van der Waals surface area contributed by atoms with Crippen molar-refractivity contribution in [3.05, 3.63) is 29.3 Å². The molecule has 0 aliphatic carbocycles. The maximum Gasteiger partial charge on any atom is 0.239 e. The highest BCUT2D eigenvalue weighted by Gasteiger charge is 2.13. The maximum absolute atomic E-state index is 11.8. The van der Waals surface area contributed by atoms with Crippen molar-refractivity contribution in [2.45, 2.75) is 39.8 Å². The van der Waals surface area contributed by atoms with Crippen molar-refractivity contribution >= 4 is 35.8 Å². The van der Waals surface area contributed by atoms with Gasteiger partial charge in [-0.25, -0.2) is 0 Å². The van der Waals surface area contributed by atoms with Gasteiger partial charge in [-0.3, -0.25) is 9.79 Å². The van der Waals surface area contributed by atoms with Gasteiger partial charge in [0, 0.05) is 24.7 Å². The molecule has 1 aromatic rings. The summed E-state index contributed by atoms with van der Waals surface area (Å²) in [5, 5.41) is 9.07. The summed E-state index contributed by atoms with van der Waals surface area (Å²) in [6, 6.07) is 6.04. The highest BCUT2D eigenvalue weighted by Crippen LogP contribution is 2.19. The number of carbonyl (C=O) groups excluding carboxylic acids is 1. The number of rotatable bonds is 5. The molecular weight excluding hydrogens is 419 g/mol. The highest BCUT2D eigenvalue weighted by atomic mass is 127. The molecule has 0 saturated heterocycles. The van der Waals surface area contributed by atoms with Gasteiger partial charge in [0.15, 0.2) is 5.96 Å². The minimum Gasteiger partial charge on any atom is -0.496 e. The third-order valence-electron chi connectivity index (χ3n) is 3.04. The lowest BCUT2D eigenvalue weighted by Crippen LogP contribution is -2.48. The first-order valence-electron chi connectivity index (χ1n) is 7.64. The summed E-state index contributed by atoms with van der Waals surface area (Å²) in [4.78, 5) is 15.9. The van der Waals surface area contributed by atoms with Gasteiger partial charge in [-0.05, 0) is 39.3 Å². The lowest BCUT2D eigenvalue weighted by atomic mass is 10.1. The van der Waals surface area contributed by atoms with Crippen molar-refractivity contribution in [3.63, 3.8) is 0 Å². The van der Waals surface area contributed by atoms with E-state index in [1.807, 2.05) is 45.9 Å². The Kier molecular flexibility index (Phi) is 9.72. The molecule has 7 heteroatoms. The zero-order valence-electron chi connectivity index (χ0n) is 15.3. The Morgan fingerprint density at radius 2 is 1.92 bits per heavy atom. The molecule has 0 unspecified atom stereocenters. The van der Waals surface area contributed by atoms with Gasteiger partial charge >= 0.3 is 0 Å². The molecule has 0 aliphatic rings. The number of benzene rings is 1. The molecule has 0 heterocycles. The first-order valence-corrected chi connectivity index (χ1v) is 7.64. The molecule has 1 amide bonds. The number of guanidine groups is 1. The molecule has 136 valence electrons. The molecule has 1 aromatic carbocycles. The van der Waals surface area contributed by atoms with Crippen LogP contribution in [0.25, 0.3) is 0 Å². The monoisotopic (exact) mass is 448 g/mol. The van der Waals surface area contributed by atoms with Gasteiger partial charge in [-0.2, -0.15) is 0 Å². The largest absolute Gasteiger partial charge is 0.496 e. The van der Waals surface area contributed by atoms with E-state index in [1.165, 1.54) is 0 Å². The summed E-state index contributed by atoms with van der Waals surface area (Å²) in [5.74, 6) is 1.32. The number of aryl methyl sites for hydroxylation is 1. The second-order valence-electron chi connectivity index (χ2n) is 6.39. The number of methoxy groups -OCH3 is 1. The van der Waals surface area contributed by atoms with Crippen LogP contribution < -0.4 is 20.7 Å². The number of halogens is 1. The smallest absolute Gasteiger partial charge is 0.239 e. The first kappa shape index (κ1) is 22.5. The Morgan fingerprint density at radius 3 is 2.46 bits per heavy atom. The number of nitrogens with zero attached hydrogens (tertiary/aromatic N) is 1. The van der Waals surface area contributed by atoms with Gasteiger partial charge < -0.3 is 20.7 Å². The predicted molar refractivity (Wildman–Crippen MR) is 109 cm³/mol. The topological polar surface area (TPSA) is 74.8 Å². The Bertz CT molecular complexity index is 568. The summed E-state index contributed by atoms with van der Waals surface area (Å²) in [5.41, 5.74) is 1.93. The lowest BCUT2D eigenvalue weighted by molar-refractivity contribution is -0.121. The van der Waals surface area contributed by atoms with E-state index in [0.29, 0.717) is 12.5 Å². The number of aliphatic imine (C=N–C) groups is 1. The zero-order valence-corrected chi connectivity index (χ0v) is 17.6. The quantitative estimate of drug-likeness (QED) is 0.367. The van der Waals surface area contributed by atoms with Gasteiger partial charge in [-0.1, -0.05) is 12.1 Å². The summed E-state index contributed by atoms with van der Waals surface area (Å²) >= 11 is 0. The van der Waals surface area contributed by atoms with E-state index in [2.05, 4.69) is 20.9 Å². The van der Waals surface area contributed by atoms with Crippen LogP contribution in [0.3, 0.4) is 0 Å². The van der Waals surface area contributed by atoms with Crippen LogP contribution in [0.4, 0.5) is 0 Å². The van der Waals surface area contributed by atoms with Crippen molar-refractivity contribution in [1.29, 1.82) is 0 Å². The molecular formula is C17H29IN4O2. The average molecular weight is 448 g/mol. The van der Waals surface area contributed by atoms with E-state index in [9.17, 15) is 4.79 Å². The molecule has 0 fully saturated rings. The van der Waals surface area contributed by atoms with Gasteiger partial charge in [0.25, 0.3) is 0 Å². The van der Waals surface area contributed by atoms with E-state index in [0.717, 1.165) is 16.9 Å². The van der Waals surface area contributed by atoms with Crippen LogP contribution in [-0.4, -0.2) is 38.1 Å². The van der Waals surface area contributed by atoms with Crippen LogP contribution in [0.5, 0.6) is 5.75 Å². The van der Waals surface area contributed by atoms with E-state index in [1.54, 1.807) is 14.2 Å². The van der Waals surface area contributed by atoms with Crippen molar-refractivity contribution in [2.75, 3.05) is 20.7 Å². The molecule has 0 bridgehead atoms. The van der Waals surface area contributed by atoms with Crippen molar-refractivity contribution in [3.8, 4) is 5.75 Å². The second kappa shape index (κ2) is 10.4. The molecule has 6 nitrogen and oxygen atoms in total. The molecule has 24 heavy (non-hydrogen) atoms. The summed E-state index contributed by atoms with van der Waals surface area (Å²) in [6.07, 6.45) is 0. The fraction of sp³-hybridized carbons (Fsp3) is 0.529. The van der Waals surface area contributed by atoms with Gasteiger partial charge in [0.2, 0.25) is 5.91 Å².